The molecular formula is C16H17NO2S2. The van der Waals surface area contributed by atoms with Gasteiger partial charge in [0.05, 0.1) is 0 Å². The lowest BCUT2D eigenvalue weighted by molar-refractivity contribution is -0.115. The van der Waals surface area contributed by atoms with Gasteiger partial charge in [0.2, 0.25) is 5.91 Å². The predicted molar refractivity (Wildman–Crippen MR) is 89.6 cm³/mol. The highest BCUT2D eigenvalue weighted by Crippen LogP contribution is 2.32. The fourth-order valence-electron chi connectivity index (χ4n) is 2.16. The number of hydrogen-bond donors (Lipinski definition) is 1. The van der Waals surface area contributed by atoms with Crippen LogP contribution in [0.3, 0.4) is 0 Å². The molecule has 1 amide bonds. The van der Waals surface area contributed by atoms with Gasteiger partial charge in [0.15, 0.2) is 0 Å². The van der Waals surface area contributed by atoms with E-state index in [4.69, 9.17) is 5.73 Å². The van der Waals surface area contributed by atoms with Crippen LogP contribution < -0.4 is 5.73 Å². The number of hydrogen-bond acceptors (Lipinski definition) is 3. The molecule has 0 saturated heterocycles. The van der Waals surface area contributed by atoms with E-state index in [1.54, 1.807) is 11.8 Å². The number of carbonyl (C=O) groups is 1. The lowest BCUT2D eigenvalue weighted by Crippen LogP contribution is -2.20. The smallest absolute Gasteiger partial charge is 0.230 e. The minimum absolute atomic E-state index is 0.0987. The SMILES string of the molecule is CSc1ccccc1-c1ccccc1C[S@](=O)CC(N)=O. The lowest BCUT2D eigenvalue weighted by atomic mass is 10.0. The van der Waals surface area contributed by atoms with Crippen molar-refractivity contribution in [3.05, 3.63) is 54.1 Å². The topological polar surface area (TPSA) is 60.2 Å². The summed E-state index contributed by atoms with van der Waals surface area (Å²) in [5.74, 6) is -0.296. The molecular weight excluding hydrogens is 302 g/mol. The standard InChI is InChI=1S/C16H17NO2S2/c1-20-15-9-5-4-8-14(15)13-7-3-2-6-12(13)10-21(19)11-16(17)18/h2-9H,10-11H2,1H3,(H2,17,18)/t21-/m0/s1. The maximum atomic E-state index is 12.0. The number of carbonyl (C=O) groups excluding carboxylic acids is 1. The Morgan fingerprint density at radius 2 is 1.71 bits per heavy atom. The molecule has 2 aromatic carbocycles. The summed E-state index contributed by atoms with van der Waals surface area (Å²) in [6, 6.07) is 16.0. The molecule has 0 aliphatic heterocycles. The van der Waals surface area contributed by atoms with Crippen molar-refractivity contribution in [3.8, 4) is 11.1 Å². The molecule has 2 aromatic rings. The van der Waals surface area contributed by atoms with E-state index < -0.39 is 16.7 Å². The highest BCUT2D eigenvalue weighted by molar-refractivity contribution is 7.98. The molecule has 0 aliphatic rings. The van der Waals surface area contributed by atoms with Crippen LogP contribution in [0.5, 0.6) is 0 Å². The number of amides is 1. The van der Waals surface area contributed by atoms with Crippen molar-refractivity contribution in [2.75, 3.05) is 12.0 Å². The lowest BCUT2D eigenvalue weighted by Gasteiger charge is -2.12. The van der Waals surface area contributed by atoms with Gasteiger partial charge in [0.1, 0.15) is 5.75 Å². The highest BCUT2D eigenvalue weighted by Gasteiger charge is 2.12. The molecule has 21 heavy (non-hydrogen) atoms. The minimum atomic E-state index is -1.28. The fraction of sp³-hybridized carbons (Fsp3) is 0.188. The van der Waals surface area contributed by atoms with Gasteiger partial charge >= 0.3 is 0 Å². The van der Waals surface area contributed by atoms with E-state index in [0.29, 0.717) is 5.75 Å². The van der Waals surface area contributed by atoms with Gasteiger partial charge in [-0.1, -0.05) is 42.5 Å². The van der Waals surface area contributed by atoms with Crippen molar-refractivity contribution in [1.29, 1.82) is 0 Å². The van der Waals surface area contributed by atoms with Gasteiger partial charge in [-0.25, -0.2) is 0 Å². The third kappa shape index (κ3) is 4.19. The van der Waals surface area contributed by atoms with Crippen LogP contribution in [0.2, 0.25) is 0 Å². The van der Waals surface area contributed by atoms with E-state index in [9.17, 15) is 9.00 Å². The maximum Gasteiger partial charge on any atom is 0.230 e. The van der Waals surface area contributed by atoms with E-state index in [1.807, 2.05) is 42.7 Å². The summed E-state index contributed by atoms with van der Waals surface area (Å²) in [6.07, 6.45) is 2.03. The third-order valence-electron chi connectivity index (χ3n) is 3.03. The van der Waals surface area contributed by atoms with Gasteiger partial charge in [-0.15, -0.1) is 11.8 Å². The van der Waals surface area contributed by atoms with Crippen molar-refractivity contribution in [2.24, 2.45) is 5.73 Å². The second kappa shape index (κ2) is 7.43. The van der Waals surface area contributed by atoms with E-state index in [1.165, 1.54) is 4.90 Å². The number of thioether (sulfide) groups is 1. The van der Waals surface area contributed by atoms with E-state index >= 15 is 0 Å². The van der Waals surface area contributed by atoms with Gasteiger partial charge in [0, 0.05) is 21.4 Å². The third-order valence-corrected chi connectivity index (χ3v) is 5.07. The average molecular weight is 319 g/mol. The molecule has 0 spiro atoms. The molecule has 0 heterocycles. The van der Waals surface area contributed by atoms with E-state index in [2.05, 4.69) is 12.1 Å². The van der Waals surface area contributed by atoms with Crippen LogP contribution in [0.25, 0.3) is 11.1 Å². The summed E-state index contributed by atoms with van der Waals surface area (Å²) in [7, 11) is -1.28. The van der Waals surface area contributed by atoms with Crippen LogP contribution in [0.4, 0.5) is 0 Å². The molecule has 1 atom stereocenters. The van der Waals surface area contributed by atoms with Gasteiger partial charge in [0.25, 0.3) is 0 Å². The van der Waals surface area contributed by atoms with Crippen LogP contribution >= 0.6 is 11.8 Å². The largest absolute Gasteiger partial charge is 0.369 e. The van der Waals surface area contributed by atoms with Crippen LogP contribution in [-0.4, -0.2) is 22.1 Å². The quantitative estimate of drug-likeness (QED) is 0.833. The normalized spacial score (nSPS) is 12.0. The number of primary amides is 1. The Bertz CT molecular complexity index is 671. The first-order valence-electron chi connectivity index (χ1n) is 6.46. The second-order valence-electron chi connectivity index (χ2n) is 4.55. The van der Waals surface area contributed by atoms with Gasteiger partial charge in [-0.05, 0) is 29.0 Å². The van der Waals surface area contributed by atoms with Gasteiger partial charge < -0.3 is 5.73 Å². The summed E-state index contributed by atoms with van der Waals surface area (Å²) in [6.45, 7) is 0. The molecule has 0 saturated carbocycles. The average Bonchev–Trinajstić information content (AvgIpc) is 2.47. The molecule has 0 aromatic heterocycles. The molecule has 2 rings (SSSR count). The highest BCUT2D eigenvalue weighted by atomic mass is 32.2. The molecule has 5 heteroatoms. The zero-order valence-corrected chi connectivity index (χ0v) is 13.4. The van der Waals surface area contributed by atoms with Gasteiger partial charge in [-0.2, -0.15) is 0 Å². The molecule has 0 radical (unpaired) electrons. The first kappa shape index (κ1) is 15.8. The van der Waals surface area contributed by atoms with Crippen molar-refractivity contribution < 1.29 is 9.00 Å². The first-order valence-corrected chi connectivity index (χ1v) is 9.17. The predicted octanol–water partition coefficient (Wildman–Crippen LogP) is 2.81. The molecule has 110 valence electrons. The summed E-state index contributed by atoms with van der Waals surface area (Å²) in [5, 5.41) is 0. The summed E-state index contributed by atoms with van der Waals surface area (Å²) < 4.78 is 12.0. The van der Waals surface area contributed by atoms with Crippen LogP contribution in [0, 0.1) is 0 Å². The molecule has 2 N–H and O–H groups in total. The Labute approximate surface area is 131 Å². The molecule has 0 unspecified atom stereocenters. The second-order valence-corrected chi connectivity index (χ2v) is 6.86. The number of rotatable bonds is 6. The Morgan fingerprint density at radius 1 is 1.10 bits per heavy atom. The Morgan fingerprint density at radius 3 is 2.38 bits per heavy atom. The zero-order chi connectivity index (χ0) is 15.2. The number of benzene rings is 2. The minimum Gasteiger partial charge on any atom is -0.369 e. The monoisotopic (exact) mass is 319 g/mol. The molecule has 0 fully saturated rings. The van der Waals surface area contributed by atoms with Crippen LogP contribution in [-0.2, 0) is 21.3 Å². The fourth-order valence-corrected chi connectivity index (χ4v) is 3.79. The Hall–Kier alpha value is -1.59. The van der Waals surface area contributed by atoms with Crippen molar-refractivity contribution in [3.63, 3.8) is 0 Å². The van der Waals surface area contributed by atoms with Gasteiger partial charge in [-0.3, -0.25) is 9.00 Å². The first-order chi connectivity index (χ1) is 10.1. The Balaban J connectivity index is 2.37. The number of nitrogens with two attached hydrogens (primary N) is 1. The molecule has 0 aliphatic carbocycles. The summed E-state index contributed by atoms with van der Waals surface area (Å²) in [5.41, 5.74) is 8.26. The maximum absolute atomic E-state index is 12.0. The summed E-state index contributed by atoms with van der Waals surface area (Å²) in [4.78, 5) is 12.1. The van der Waals surface area contributed by atoms with E-state index in [0.717, 1.165) is 16.7 Å². The Kier molecular flexibility index (Phi) is 5.59. The van der Waals surface area contributed by atoms with Crippen molar-refractivity contribution in [1.82, 2.24) is 0 Å². The van der Waals surface area contributed by atoms with Crippen LogP contribution in [0.15, 0.2) is 53.4 Å². The van der Waals surface area contributed by atoms with Crippen LogP contribution in [0.1, 0.15) is 5.56 Å². The molecule has 3 nitrogen and oxygen atoms in total. The van der Waals surface area contributed by atoms with Crippen molar-refractivity contribution in [2.45, 2.75) is 10.6 Å². The molecule has 0 bridgehead atoms. The van der Waals surface area contributed by atoms with Crippen molar-refractivity contribution >= 4 is 28.5 Å². The summed E-state index contributed by atoms with van der Waals surface area (Å²) >= 11 is 1.68. The van der Waals surface area contributed by atoms with E-state index in [-0.39, 0.29) is 5.75 Å². The zero-order valence-electron chi connectivity index (χ0n) is 11.7.